The predicted octanol–water partition coefficient (Wildman–Crippen LogP) is 0.357. The molecular formula is C30H52N8O6. The van der Waals surface area contributed by atoms with Crippen molar-refractivity contribution >= 4 is 35.1 Å². The number of hydrogen-bond acceptors (Lipinski definition) is 10. The van der Waals surface area contributed by atoms with E-state index >= 15 is 0 Å². The Kier molecular flexibility index (Phi) is 17.9. The van der Waals surface area contributed by atoms with E-state index in [-0.39, 0.29) is 24.0 Å². The van der Waals surface area contributed by atoms with Crippen LogP contribution in [0, 0.1) is 11.8 Å². The third-order valence-corrected chi connectivity index (χ3v) is 6.99. The Labute approximate surface area is 260 Å². The Bertz CT molecular complexity index is 1080. The molecule has 1 rings (SSSR count). The first kappa shape index (κ1) is 38.5. The Balaban J connectivity index is 3.08. The zero-order valence-electron chi connectivity index (χ0n) is 26.7. The van der Waals surface area contributed by atoms with E-state index in [0.717, 1.165) is 25.7 Å². The molecule has 4 atom stereocenters. The topological polar surface area (TPSA) is 231 Å². The highest BCUT2D eigenvalue weighted by Crippen LogP contribution is 2.11. The van der Waals surface area contributed by atoms with Gasteiger partial charge in [0.15, 0.2) is 0 Å². The fraction of sp³-hybridized carbons (Fsp3) is 0.700. The van der Waals surface area contributed by atoms with E-state index < -0.39 is 59.9 Å². The fourth-order valence-corrected chi connectivity index (χ4v) is 4.73. The standard InChI is InChI=1S/C30H52N8O6/c1-18(2)12-22(34-11-9-7-6-8-10-20(5)39)27(41)28(42)23(14-21-16-33-17-35-21)36-29(43)24(15-26(31)40)37-30(44)25(38-32)13-19(3)4/h16-19,22-25,34,38H,6-15,32H2,1-5H3,(H2,31,40)(H,33,35)(H,36,43)(H,37,44)/t22-,23-,24?,25-/m0/s1. The number of unbranched alkanes of at least 4 members (excludes halogenated alkanes) is 3. The van der Waals surface area contributed by atoms with Crippen molar-refractivity contribution in [3.05, 3.63) is 18.2 Å². The number of primary amides is 1. The highest BCUT2D eigenvalue weighted by atomic mass is 16.2. The van der Waals surface area contributed by atoms with Gasteiger partial charge in [0.2, 0.25) is 29.3 Å². The second-order valence-electron chi connectivity index (χ2n) is 12.2. The van der Waals surface area contributed by atoms with E-state index in [1.807, 2.05) is 27.7 Å². The number of hydrazine groups is 1. The number of nitrogens with zero attached hydrogens (tertiary/aromatic N) is 1. The normalized spacial score (nSPS) is 14.1. The third kappa shape index (κ3) is 15.3. The molecule has 0 aliphatic carbocycles. The zero-order chi connectivity index (χ0) is 33.2. The average molecular weight is 621 g/mol. The zero-order valence-corrected chi connectivity index (χ0v) is 26.7. The van der Waals surface area contributed by atoms with Crippen molar-refractivity contribution in [1.29, 1.82) is 0 Å². The molecule has 248 valence electrons. The van der Waals surface area contributed by atoms with Crippen LogP contribution >= 0.6 is 0 Å². The molecule has 0 fully saturated rings. The predicted molar refractivity (Wildman–Crippen MR) is 166 cm³/mol. The molecule has 1 aromatic rings. The molecule has 0 aliphatic heterocycles. The number of H-pyrrole nitrogens is 1. The van der Waals surface area contributed by atoms with Crippen LogP contribution in [0.15, 0.2) is 12.5 Å². The smallest absolute Gasteiger partial charge is 0.243 e. The maximum Gasteiger partial charge on any atom is 0.243 e. The van der Waals surface area contributed by atoms with Crippen molar-refractivity contribution in [3.8, 4) is 0 Å². The summed E-state index contributed by atoms with van der Waals surface area (Å²) in [4.78, 5) is 83.1. The van der Waals surface area contributed by atoms with Crippen LogP contribution in [0.2, 0.25) is 0 Å². The lowest BCUT2D eigenvalue weighted by Crippen LogP contribution is -2.58. The molecule has 9 N–H and O–H groups in total. The second-order valence-corrected chi connectivity index (χ2v) is 12.2. The van der Waals surface area contributed by atoms with E-state index in [9.17, 15) is 28.8 Å². The number of carbonyl (C=O) groups excluding carboxylic acids is 6. The summed E-state index contributed by atoms with van der Waals surface area (Å²) in [6.07, 6.45) is 6.95. The van der Waals surface area contributed by atoms with Gasteiger partial charge in [-0.05, 0) is 51.0 Å². The van der Waals surface area contributed by atoms with Crippen LogP contribution < -0.4 is 33.0 Å². The molecule has 0 spiro atoms. The number of amides is 3. The monoisotopic (exact) mass is 620 g/mol. The van der Waals surface area contributed by atoms with Crippen LogP contribution in [-0.2, 0) is 35.2 Å². The molecule has 0 radical (unpaired) electrons. The molecule has 0 saturated heterocycles. The van der Waals surface area contributed by atoms with Crippen LogP contribution in [0.3, 0.4) is 0 Å². The number of nitrogens with one attached hydrogen (secondary N) is 5. The lowest BCUT2D eigenvalue weighted by atomic mass is 9.93. The summed E-state index contributed by atoms with van der Waals surface area (Å²) in [5.41, 5.74) is 8.26. The van der Waals surface area contributed by atoms with Gasteiger partial charge in [0.05, 0.1) is 24.8 Å². The van der Waals surface area contributed by atoms with Gasteiger partial charge in [-0.3, -0.25) is 29.8 Å². The fourth-order valence-electron chi connectivity index (χ4n) is 4.73. The van der Waals surface area contributed by atoms with Gasteiger partial charge >= 0.3 is 0 Å². The van der Waals surface area contributed by atoms with Crippen molar-refractivity contribution in [2.75, 3.05) is 6.54 Å². The van der Waals surface area contributed by atoms with Gasteiger partial charge in [0, 0.05) is 24.7 Å². The maximum atomic E-state index is 13.6. The molecule has 1 aromatic heterocycles. The number of nitrogens with two attached hydrogens (primary N) is 2. The van der Waals surface area contributed by atoms with Crippen molar-refractivity contribution in [2.45, 2.75) is 117 Å². The highest BCUT2D eigenvalue weighted by Gasteiger charge is 2.35. The molecular weight excluding hydrogens is 568 g/mol. The molecule has 0 aromatic carbocycles. The number of ketones is 3. The molecule has 14 heteroatoms. The summed E-state index contributed by atoms with van der Waals surface area (Å²) in [6.45, 7) is 9.75. The molecule has 0 bridgehead atoms. The minimum absolute atomic E-state index is 0.0710. The molecule has 3 amide bonds. The third-order valence-electron chi connectivity index (χ3n) is 6.99. The van der Waals surface area contributed by atoms with Crippen LogP contribution in [0.1, 0.15) is 91.7 Å². The Hall–Kier alpha value is -3.49. The van der Waals surface area contributed by atoms with Crippen LogP contribution in [0.25, 0.3) is 0 Å². The SMILES string of the molecule is CC(=O)CCCCCCN[C@@H](CC(C)C)C(=O)C(=O)[C@H](Cc1cnc[nH]1)NC(=O)C(CC(N)=O)NC(=O)[C@H](CC(C)C)NN. The van der Waals surface area contributed by atoms with Gasteiger partial charge in [-0.2, -0.15) is 0 Å². The van der Waals surface area contributed by atoms with Crippen LogP contribution in [0.5, 0.6) is 0 Å². The number of hydrogen-bond donors (Lipinski definition) is 7. The molecule has 1 heterocycles. The van der Waals surface area contributed by atoms with Crippen LogP contribution in [-0.4, -0.2) is 75.8 Å². The number of aromatic nitrogens is 2. The van der Waals surface area contributed by atoms with Gasteiger partial charge < -0.3 is 31.5 Å². The molecule has 0 saturated carbocycles. The summed E-state index contributed by atoms with van der Waals surface area (Å²) in [5, 5.41) is 8.27. The number of aromatic amines is 1. The summed E-state index contributed by atoms with van der Waals surface area (Å²) < 4.78 is 0. The van der Waals surface area contributed by atoms with Gasteiger partial charge in [-0.15, -0.1) is 0 Å². The number of imidazole rings is 1. The Morgan fingerprint density at radius 1 is 0.818 bits per heavy atom. The van der Waals surface area contributed by atoms with E-state index in [0.29, 0.717) is 31.5 Å². The average Bonchev–Trinajstić information content (AvgIpc) is 3.45. The van der Waals surface area contributed by atoms with Crippen molar-refractivity contribution in [2.24, 2.45) is 23.4 Å². The quantitative estimate of drug-likeness (QED) is 0.0363. The van der Waals surface area contributed by atoms with E-state index in [2.05, 4.69) is 31.3 Å². The van der Waals surface area contributed by atoms with Gasteiger partial charge in [0.25, 0.3) is 0 Å². The van der Waals surface area contributed by atoms with Gasteiger partial charge in [-0.25, -0.2) is 10.4 Å². The lowest BCUT2D eigenvalue weighted by Gasteiger charge is -2.25. The van der Waals surface area contributed by atoms with E-state index in [1.165, 1.54) is 12.5 Å². The summed E-state index contributed by atoms with van der Waals surface area (Å²) >= 11 is 0. The maximum absolute atomic E-state index is 13.6. The molecule has 1 unspecified atom stereocenters. The Morgan fingerprint density at radius 3 is 1.93 bits per heavy atom. The second kappa shape index (κ2) is 20.5. The number of carbonyl (C=O) groups is 6. The first-order chi connectivity index (χ1) is 20.7. The number of Topliss-reactive ketones (excluding diaryl/α,β-unsaturated/α-hetero) is 3. The molecule has 14 nitrogen and oxygen atoms in total. The van der Waals surface area contributed by atoms with Crippen molar-refractivity contribution < 1.29 is 28.8 Å². The first-order valence-corrected chi connectivity index (χ1v) is 15.4. The summed E-state index contributed by atoms with van der Waals surface area (Å²) in [7, 11) is 0. The molecule has 44 heavy (non-hydrogen) atoms. The van der Waals surface area contributed by atoms with Crippen molar-refractivity contribution in [3.63, 3.8) is 0 Å². The highest BCUT2D eigenvalue weighted by molar-refractivity contribution is 6.41. The minimum atomic E-state index is -1.40. The largest absolute Gasteiger partial charge is 0.370 e. The van der Waals surface area contributed by atoms with Crippen LogP contribution in [0.4, 0.5) is 0 Å². The van der Waals surface area contributed by atoms with Gasteiger partial charge in [0.1, 0.15) is 17.9 Å². The molecule has 0 aliphatic rings. The van der Waals surface area contributed by atoms with E-state index in [4.69, 9.17) is 11.6 Å². The summed E-state index contributed by atoms with van der Waals surface area (Å²) in [6, 6.07) is -4.30. The van der Waals surface area contributed by atoms with Crippen molar-refractivity contribution in [1.82, 2.24) is 31.3 Å². The minimum Gasteiger partial charge on any atom is -0.370 e. The van der Waals surface area contributed by atoms with E-state index in [1.54, 1.807) is 6.92 Å². The lowest BCUT2D eigenvalue weighted by molar-refractivity contribution is -0.140. The first-order valence-electron chi connectivity index (χ1n) is 15.4. The summed E-state index contributed by atoms with van der Waals surface area (Å²) in [5.74, 6) is 2.09. The number of rotatable bonds is 24. The van der Waals surface area contributed by atoms with Gasteiger partial charge in [-0.1, -0.05) is 40.5 Å². The Morgan fingerprint density at radius 2 is 1.39 bits per heavy atom.